The highest BCUT2D eigenvalue weighted by atomic mass is 127. The molecule has 1 aromatic carbocycles. The third kappa shape index (κ3) is 3.70. The molecule has 0 amide bonds. The molecule has 0 aliphatic carbocycles. The molecular formula is C14H15ClINS. The second-order valence-electron chi connectivity index (χ2n) is 4.08. The van der Waals surface area contributed by atoms with Gasteiger partial charge in [0.1, 0.15) is 0 Å². The maximum atomic E-state index is 6.05. The molecule has 96 valence electrons. The van der Waals surface area contributed by atoms with Crippen LogP contribution in [0.25, 0.3) is 0 Å². The van der Waals surface area contributed by atoms with Gasteiger partial charge in [-0.2, -0.15) is 0 Å². The van der Waals surface area contributed by atoms with Crippen molar-refractivity contribution in [3.8, 4) is 0 Å². The van der Waals surface area contributed by atoms with E-state index >= 15 is 0 Å². The summed E-state index contributed by atoms with van der Waals surface area (Å²) in [5.74, 6) is 0. The first kappa shape index (κ1) is 14.3. The van der Waals surface area contributed by atoms with Crippen LogP contribution in [0.4, 0.5) is 0 Å². The quantitative estimate of drug-likeness (QED) is 0.700. The number of halogens is 2. The van der Waals surface area contributed by atoms with Gasteiger partial charge in [-0.3, -0.25) is 0 Å². The zero-order chi connectivity index (χ0) is 13.0. The van der Waals surface area contributed by atoms with Crippen molar-refractivity contribution < 1.29 is 0 Å². The maximum absolute atomic E-state index is 6.05. The number of rotatable bonds is 5. The summed E-state index contributed by atoms with van der Waals surface area (Å²) < 4.78 is 2.11. The first-order valence-electron chi connectivity index (χ1n) is 5.94. The molecule has 0 aliphatic rings. The van der Waals surface area contributed by atoms with E-state index in [1.54, 1.807) is 11.3 Å². The van der Waals surface area contributed by atoms with E-state index in [1.807, 2.05) is 6.07 Å². The zero-order valence-corrected chi connectivity index (χ0v) is 13.8. The van der Waals surface area contributed by atoms with Gasteiger partial charge in [0.2, 0.25) is 0 Å². The van der Waals surface area contributed by atoms with Crippen LogP contribution in [-0.2, 0) is 0 Å². The number of benzene rings is 1. The van der Waals surface area contributed by atoms with Crippen molar-refractivity contribution in [3.05, 3.63) is 54.7 Å². The smallest absolute Gasteiger partial charge is 0.0931 e. The standard InChI is InChI=1S/C14H15ClINS/c1-2-8-17-14(12-6-7-13(15)18-12)10-4-3-5-11(16)9-10/h3-7,9,14,17H,2,8H2,1H3. The number of thiophene rings is 1. The molecule has 1 heterocycles. The molecule has 0 bridgehead atoms. The van der Waals surface area contributed by atoms with Crippen molar-refractivity contribution in [3.63, 3.8) is 0 Å². The molecule has 1 atom stereocenters. The van der Waals surface area contributed by atoms with E-state index in [0.717, 1.165) is 17.3 Å². The van der Waals surface area contributed by atoms with Crippen molar-refractivity contribution in [1.29, 1.82) is 0 Å². The Kier molecular flexibility index (Phi) is 5.48. The molecular weight excluding hydrogens is 377 g/mol. The van der Waals surface area contributed by atoms with Crippen LogP contribution >= 0.6 is 45.5 Å². The van der Waals surface area contributed by atoms with Gasteiger partial charge in [0.15, 0.2) is 0 Å². The Labute approximate surface area is 131 Å². The minimum absolute atomic E-state index is 0.247. The van der Waals surface area contributed by atoms with E-state index in [1.165, 1.54) is 14.0 Å². The lowest BCUT2D eigenvalue weighted by molar-refractivity contribution is 0.605. The van der Waals surface area contributed by atoms with E-state index in [-0.39, 0.29) is 6.04 Å². The molecule has 1 unspecified atom stereocenters. The van der Waals surface area contributed by atoms with Crippen LogP contribution in [0.15, 0.2) is 36.4 Å². The van der Waals surface area contributed by atoms with Crippen LogP contribution in [0.3, 0.4) is 0 Å². The molecule has 1 nitrogen and oxygen atoms in total. The summed E-state index contributed by atoms with van der Waals surface area (Å²) in [4.78, 5) is 1.27. The average Bonchev–Trinajstić information content (AvgIpc) is 2.76. The minimum atomic E-state index is 0.247. The van der Waals surface area contributed by atoms with Crippen LogP contribution in [0.1, 0.15) is 29.8 Å². The van der Waals surface area contributed by atoms with E-state index < -0.39 is 0 Å². The molecule has 1 N–H and O–H groups in total. The minimum Gasteiger partial charge on any atom is -0.306 e. The van der Waals surface area contributed by atoms with Gasteiger partial charge in [-0.1, -0.05) is 30.7 Å². The van der Waals surface area contributed by atoms with Crippen molar-refractivity contribution in [2.45, 2.75) is 19.4 Å². The highest BCUT2D eigenvalue weighted by Crippen LogP contribution is 2.31. The van der Waals surface area contributed by atoms with Gasteiger partial charge >= 0.3 is 0 Å². The molecule has 2 rings (SSSR count). The largest absolute Gasteiger partial charge is 0.306 e. The highest BCUT2D eigenvalue weighted by Gasteiger charge is 2.15. The third-order valence-electron chi connectivity index (χ3n) is 2.66. The van der Waals surface area contributed by atoms with Crippen LogP contribution in [0.5, 0.6) is 0 Å². The van der Waals surface area contributed by atoms with Crippen LogP contribution in [0, 0.1) is 3.57 Å². The lowest BCUT2D eigenvalue weighted by Gasteiger charge is -2.18. The summed E-state index contributed by atoms with van der Waals surface area (Å²) >= 11 is 10.0. The number of nitrogens with one attached hydrogen (secondary N) is 1. The zero-order valence-electron chi connectivity index (χ0n) is 10.1. The molecule has 0 saturated heterocycles. The lowest BCUT2D eigenvalue weighted by atomic mass is 10.1. The molecule has 0 saturated carbocycles. The molecule has 0 radical (unpaired) electrons. The van der Waals surface area contributed by atoms with Crippen molar-refractivity contribution in [2.75, 3.05) is 6.54 Å². The molecule has 18 heavy (non-hydrogen) atoms. The number of hydrogen-bond acceptors (Lipinski definition) is 2. The van der Waals surface area contributed by atoms with Gasteiger partial charge in [0, 0.05) is 8.45 Å². The fraction of sp³-hybridized carbons (Fsp3) is 0.286. The topological polar surface area (TPSA) is 12.0 Å². The molecule has 0 aliphatic heterocycles. The van der Waals surface area contributed by atoms with E-state index in [4.69, 9.17) is 11.6 Å². The SMILES string of the molecule is CCCNC(c1cccc(I)c1)c1ccc(Cl)s1. The highest BCUT2D eigenvalue weighted by molar-refractivity contribution is 14.1. The summed E-state index contributed by atoms with van der Waals surface area (Å²) in [5.41, 5.74) is 1.30. The predicted octanol–water partition coefficient (Wildman–Crippen LogP) is 5.10. The summed E-state index contributed by atoms with van der Waals surface area (Å²) in [5, 5.41) is 3.59. The predicted molar refractivity (Wildman–Crippen MR) is 88.6 cm³/mol. The Morgan fingerprint density at radius 2 is 2.17 bits per heavy atom. The van der Waals surface area contributed by atoms with Crippen LogP contribution in [-0.4, -0.2) is 6.54 Å². The molecule has 0 fully saturated rings. The Hall–Kier alpha value is -0.100. The second kappa shape index (κ2) is 6.89. The van der Waals surface area contributed by atoms with Crippen molar-refractivity contribution in [2.24, 2.45) is 0 Å². The first-order valence-corrected chi connectivity index (χ1v) is 8.22. The van der Waals surface area contributed by atoms with Gasteiger partial charge in [0.25, 0.3) is 0 Å². The normalized spacial score (nSPS) is 12.6. The summed E-state index contributed by atoms with van der Waals surface area (Å²) in [6.45, 7) is 3.19. The van der Waals surface area contributed by atoms with E-state index in [9.17, 15) is 0 Å². The number of hydrogen-bond donors (Lipinski definition) is 1. The molecule has 4 heteroatoms. The van der Waals surface area contributed by atoms with Crippen molar-refractivity contribution >= 4 is 45.5 Å². The second-order valence-corrected chi connectivity index (χ2v) is 7.08. The summed E-state index contributed by atoms with van der Waals surface area (Å²) in [6.07, 6.45) is 1.12. The Morgan fingerprint density at radius 3 is 2.78 bits per heavy atom. The molecule has 0 spiro atoms. The fourth-order valence-corrected chi connectivity index (χ4v) is 3.57. The third-order valence-corrected chi connectivity index (χ3v) is 4.63. The summed E-state index contributed by atoms with van der Waals surface area (Å²) in [6, 6.07) is 12.9. The Bertz CT molecular complexity index is 512. The van der Waals surface area contributed by atoms with Gasteiger partial charge in [-0.05, 0) is 65.4 Å². The van der Waals surface area contributed by atoms with Gasteiger partial charge in [0.05, 0.1) is 10.4 Å². The van der Waals surface area contributed by atoms with Gasteiger partial charge in [-0.15, -0.1) is 11.3 Å². The van der Waals surface area contributed by atoms with Crippen LogP contribution < -0.4 is 5.32 Å². The van der Waals surface area contributed by atoms with E-state index in [0.29, 0.717) is 0 Å². The van der Waals surface area contributed by atoms with Gasteiger partial charge in [-0.25, -0.2) is 0 Å². The van der Waals surface area contributed by atoms with E-state index in [2.05, 4.69) is 65.2 Å². The maximum Gasteiger partial charge on any atom is 0.0931 e. The molecule has 2 aromatic rings. The first-order chi connectivity index (χ1) is 8.70. The fourth-order valence-electron chi connectivity index (χ4n) is 1.84. The monoisotopic (exact) mass is 391 g/mol. The van der Waals surface area contributed by atoms with Crippen LogP contribution in [0.2, 0.25) is 4.34 Å². The van der Waals surface area contributed by atoms with Crippen molar-refractivity contribution in [1.82, 2.24) is 5.32 Å². The lowest BCUT2D eigenvalue weighted by Crippen LogP contribution is -2.22. The average molecular weight is 392 g/mol. The molecule has 1 aromatic heterocycles. The van der Waals surface area contributed by atoms with Gasteiger partial charge < -0.3 is 5.32 Å². The Morgan fingerprint density at radius 1 is 1.33 bits per heavy atom. The Balaban J connectivity index is 2.30. The summed E-state index contributed by atoms with van der Waals surface area (Å²) in [7, 11) is 0.